The Morgan fingerprint density at radius 2 is 1.91 bits per heavy atom. The molecule has 1 aromatic heterocycles. The zero-order valence-corrected chi connectivity index (χ0v) is 23.8. The van der Waals surface area contributed by atoms with E-state index < -0.39 is 54.4 Å². The molecular weight excluding hydrogens is 576 g/mol. The van der Waals surface area contributed by atoms with Gasteiger partial charge in [-0.3, -0.25) is 14.4 Å². The molecule has 13 heteroatoms. The summed E-state index contributed by atoms with van der Waals surface area (Å²) < 4.78 is 27.9. The van der Waals surface area contributed by atoms with E-state index in [1.54, 1.807) is 19.1 Å². The first-order chi connectivity index (χ1) is 21.0. The summed E-state index contributed by atoms with van der Waals surface area (Å²) in [4.78, 5) is 56.9. The smallest absolute Gasteiger partial charge is 0.407 e. The molecule has 4 amide bonds. The predicted molar refractivity (Wildman–Crippen MR) is 156 cm³/mol. The van der Waals surface area contributed by atoms with E-state index in [2.05, 4.69) is 15.6 Å². The molecule has 2 aromatic carbocycles. The number of aromatic nitrogens is 1. The van der Waals surface area contributed by atoms with Gasteiger partial charge in [-0.25, -0.2) is 18.6 Å². The molecule has 5 rings (SSSR count). The van der Waals surface area contributed by atoms with Gasteiger partial charge in [0, 0.05) is 30.5 Å². The number of nitrogens with zero attached hydrogens (tertiary/aromatic N) is 3. The second-order valence-electron chi connectivity index (χ2n) is 10.8. The Morgan fingerprint density at radius 3 is 2.68 bits per heavy atom. The molecule has 3 heterocycles. The van der Waals surface area contributed by atoms with Crippen LogP contribution in [-0.2, 0) is 9.59 Å². The van der Waals surface area contributed by atoms with Crippen LogP contribution in [0.15, 0.2) is 54.6 Å². The highest BCUT2D eigenvalue weighted by molar-refractivity contribution is 5.97. The second kappa shape index (κ2) is 12.7. The van der Waals surface area contributed by atoms with E-state index in [9.17, 15) is 38.2 Å². The number of hydrogen-bond acceptors (Lipinski definition) is 6. The number of halogens is 2. The van der Waals surface area contributed by atoms with Crippen molar-refractivity contribution in [2.24, 2.45) is 0 Å². The van der Waals surface area contributed by atoms with Crippen molar-refractivity contribution >= 4 is 40.3 Å². The van der Waals surface area contributed by atoms with E-state index in [4.69, 9.17) is 0 Å². The lowest BCUT2D eigenvalue weighted by atomic mass is 9.96. The molecule has 44 heavy (non-hydrogen) atoms. The minimum atomic E-state index is -1.45. The van der Waals surface area contributed by atoms with Crippen molar-refractivity contribution in [1.29, 1.82) is 0 Å². The van der Waals surface area contributed by atoms with Gasteiger partial charge in [-0.05, 0) is 60.9 Å². The molecule has 230 valence electrons. The number of rotatable bonds is 7. The number of likely N-dealkylation sites (tertiary alicyclic amines) is 1. The molecule has 2 aliphatic rings. The first kappa shape index (κ1) is 30.4. The first-order valence-electron chi connectivity index (χ1n) is 14.1. The number of pyridine rings is 1. The minimum absolute atomic E-state index is 0.00603. The number of alkyl halides is 1. The monoisotopic (exact) mass is 607 g/mol. The third-order valence-corrected chi connectivity index (χ3v) is 7.80. The van der Waals surface area contributed by atoms with Crippen molar-refractivity contribution in [3.63, 3.8) is 0 Å². The van der Waals surface area contributed by atoms with E-state index >= 15 is 0 Å². The Balaban J connectivity index is 1.22. The first-order valence-corrected chi connectivity index (χ1v) is 14.1. The number of carbonyl (C=O) groups is 4. The van der Waals surface area contributed by atoms with Gasteiger partial charge in [0.2, 0.25) is 11.8 Å². The average Bonchev–Trinajstić information content (AvgIpc) is 3.41. The summed E-state index contributed by atoms with van der Waals surface area (Å²) in [6.45, 7) is 1.38. The lowest BCUT2D eigenvalue weighted by Gasteiger charge is -2.27. The van der Waals surface area contributed by atoms with Gasteiger partial charge in [0.1, 0.15) is 29.5 Å². The molecule has 0 spiro atoms. The van der Waals surface area contributed by atoms with Crippen molar-refractivity contribution in [2.75, 3.05) is 26.2 Å². The summed E-state index contributed by atoms with van der Waals surface area (Å²) in [5, 5.41) is 25.6. The van der Waals surface area contributed by atoms with Crippen LogP contribution in [0.3, 0.4) is 0 Å². The number of aromatic hydroxyl groups is 1. The van der Waals surface area contributed by atoms with Gasteiger partial charge in [-0.1, -0.05) is 18.2 Å². The standard InChI is InChI=1S/C31H31F2N5O6/c1-17(23-12-18(5-9-27(23)39)20-3-2-10-37(15-20)31(43)44)35-30(42)26-13-22(33)16-38(26)28(40)14-34-29(41)25-7-4-19-11-21(32)6-8-24(19)36-25/h3-9,11-12,17,22,26,39H,2,10,13-16H2,1H3,(H,34,41)(H,35,42)(H,43,44)/t17-,22+,26-/m0/s1. The quantitative estimate of drug-likeness (QED) is 0.321. The Bertz CT molecular complexity index is 1660. The maximum Gasteiger partial charge on any atom is 0.407 e. The molecule has 0 bridgehead atoms. The highest BCUT2D eigenvalue weighted by Crippen LogP contribution is 2.30. The van der Waals surface area contributed by atoms with Crippen LogP contribution in [0.2, 0.25) is 0 Å². The van der Waals surface area contributed by atoms with Crippen LogP contribution in [0.5, 0.6) is 5.75 Å². The number of hydrogen-bond donors (Lipinski definition) is 4. The van der Waals surface area contributed by atoms with Crippen molar-refractivity contribution < 1.29 is 38.2 Å². The number of carboxylic acid groups (broad SMARTS) is 1. The van der Waals surface area contributed by atoms with Gasteiger partial charge in [0.15, 0.2) is 0 Å². The number of phenols is 1. The maximum atomic E-state index is 14.5. The molecule has 1 saturated heterocycles. The van der Waals surface area contributed by atoms with Gasteiger partial charge in [-0.15, -0.1) is 0 Å². The molecule has 3 atom stereocenters. The average molecular weight is 608 g/mol. The van der Waals surface area contributed by atoms with Gasteiger partial charge >= 0.3 is 6.09 Å². The SMILES string of the molecule is C[C@H](NC(=O)[C@@H]1C[C@@H](F)CN1C(=O)CNC(=O)c1ccc2cc(F)ccc2n1)c1cc(C2=CCCN(C(=O)O)C2)ccc1O. The van der Waals surface area contributed by atoms with Crippen LogP contribution >= 0.6 is 0 Å². The van der Waals surface area contributed by atoms with Crippen LogP contribution in [0.4, 0.5) is 13.6 Å². The van der Waals surface area contributed by atoms with Crippen LogP contribution in [0.1, 0.15) is 47.4 Å². The molecule has 1 fully saturated rings. The lowest BCUT2D eigenvalue weighted by molar-refractivity contribution is -0.138. The van der Waals surface area contributed by atoms with Gasteiger partial charge in [0.25, 0.3) is 5.91 Å². The van der Waals surface area contributed by atoms with Gasteiger partial charge in [0.05, 0.1) is 24.6 Å². The fraction of sp³-hybridized carbons (Fsp3) is 0.323. The number of nitrogens with one attached hydrogen (secondary N) is 2. The van der Waals surface area contributed by atoms with Crippen molar-refractivity contribution in [3.05, 3.63) is 77.2 Å². The zero-order chi connectivity index (χ0) is 31.5. The van der Waals surface area contributed by atoms with Crippen molar-refractivity contribution in [3.8, 4) is 5.75 Å². The van der Waals surface area contributed by atoms with Crippen LogP contribution in [-0.4, -0.2) is 87.2 Å². The Kier molecular flexibility index (Phi) is 8.74. The molecular formula is C31H31F2N5O6. The van der Waals surface area contributed by atoms with E-state index in [1.807, 2.05) is 6.08 Å². The fourth-order valence-electron chi connectivity index (χ4n) is 5.48. The zero-order valence-electron chi connectivity index (χ0n) is 23.8. The fourth-order valence-corrected chi connectivity index (χ4v) is 5.48. The summed E-state index contributed by atoms with van der Waals surface area (Å²) in [6.07, 6.45) is -0.237. The Morgan fingerprint density at radius 1 is 1.11 bits per heavy atom. The summed E-state index contributed by atoms with van der Waals surface area (Å²) in [5.41, 5.74) is 2.22. The van der Waals surface area contributed by atoms with Crippen LogP contribution in [0, 0.1) is 5.82 Å². The molecule has 4 N–H and O–H groups in total. The van der Waals surface area contributed by atoms with Crippen molar-refractivity contribution in [1.82, 2.24) is 25.4 Å². The molecule has 0 saturated carbocycles. The van der Waals surface area contributed by atoms with E-state index in [0.717, 1.165) is 10.5 Å². The van der Waals surface area contributed by atoms with Gasteiger partial charge in [-0.2, -0.15) is 0 Å². The molecule has 3 aromatic rings. The number of amides is 4. The maximum absolute atomic E-state index is 14.5. The van der Waals surface area contributed by atoms with E-state index in [1.165, 1.54) is 41.3 Å². The van der Waals surface area contributed by atoms with Crippen LogP contribution in [0.25, 0.3) is 16.5 Å². The summed E-state index contributed by atoms with van der Waals surface area (Å²) in [6, 6.07) is 9.77. The summed E-state index contributed by atoms with van der Waals surface area (Å²) in [7, 11) is 0. The Hall–Kier alpha value is -5.07. The molecule has 2 aliphatic heterocycles. The van der Waals surface area contributed by atoms with E-state index in [-0.39, 0.29) is 31.0 Å². The van der Waals surface area contributed by atoms with Crippen LogP contribution < -0.4 is 10.6 Å². The lowest BCUT2D eigenvalue weighted by Crippen LogP contribution is -2.49. The van der Waals surface area contributed by atoms with Gasteiger partial charge < -0.3 is 30.6 Å². The highest BCUT2D eigenvalue weighted by atomic mass is 19.1. The largest absolute Gasteiger partial charge is 0.508 e. The Labute approximate surface area is 251 Å². The number of carbonyl (C=O) groups excluding carboxylic acids is 3. The molecule has 0 aliphatic carbocycles. The summed E-state index contributed by atoms with van der Waals surface area (Å²) >= 11 is 0. The highest BCUT2D eigenvalue weighted by Gasteiger charge is 2.40. The van der Waals surface area contributed by atoms with E-state index in [0.29, 0.717) is 35.0 Å². The third-order valence-electron chi connectivity index (χ3n) is 7.80. The minimum Gasteiger partial charge on any atom is -0.508 e. The topological polar surface area (TPSA) is 152 Å². The molecule has 11 nitrogen and oxygen atoms in total. The molecule has 0 unspecified atom stereocenters. The molecule has 0 radical (unpaired) electrons. The van der Waals surface area contributed by atoms with Crippen molar-refractivity contribution in [2.45, 2.75) is 38.0 Å². The number of phenolic OH excluding ortho intramolecular Hbond substituents is 1. The third kappa shape index (κ3) is 6.61. The number of fused-ring (bicyclic) bond motifs is 1. The second-order valence-corrected chi connectivity index (χ2v) is 10.8. The normalized spacial score (nSPS) is 18.9. The predicted octanol–water partition coefficient (Wildman–Crippen LogP) is 3.39. The summed E-state index contributed by atoms with van der Waals surface area (Å²) in [5.74, 6) is -2.48. The number of benzene rings is 2.